The number of carbonyl (C=O) groups is 2. The summed E-state index contributed by atoms with van der Waals surface area (Å²) in [6.07, 6.45) is -0.949. The number of benzene rings is 2. The average molecular weight is 350 g/mol. The molecule has 0 radical (unpaired) electrons. The molecule has 0 saturated carbocycles. The summed E-state index contributed by atoms with van der Waals surface area (Å²) in [5, 5.41) is 0.697. The normalized spacial score (nSPS) is 11.7. The Kier molecular flexibility index (Phi) is 6.07. The molecular weight excluding hydrogens is 334 g/mol. The van der Waals surface area contributed by atoms with Gasteiger partial charge in [-0.15, -0.1) is 11.8 Å². The quantitative estimate of drug-likeness (QED) is 0.638. The van der Waals surface area contributed by atoms with E-state index < -0.39 is 18.0 Å². The molecule has 4 nitrogen and oxygen atoms in total. The van der Waals surface area contributed by atoms with E-state index in [1.807, 2.05) is 30.3 Å². The van der Waals surface area contributed by atoms with Gasteiger partial charge in [0, 0.05) is 15.7 Å². The third kappa shape index (κ3) is 5.30. The lowest BCUT2D eigenvalue weighted by molar-refractivity contribution is -0.125. The number of carbonyl (C=O) groups excluding carboxylic acids is 2. The maximum absolute atomic E-state index is 12.0. The van der Waals surface area contributed by atoms with Crippen molar-refractivity contribution >= 4 is 35.2 Å². The van der Waals surface area contributed by atoms with Gasteiger partial charge < -0.3 is 10.5 Å². The zero-order chi connectivity index (χ0) is 16.8. The first-order valence-electron chi connectivity index (χ1n) is 6.93. The standard InChI is InChI=1S/C17H16ClNO3S/c1-11(16(19)20)22-17(21)13-4-2-3-12(9-13)10-23-15-7-5-14(18)6-8-15/h2-9,11H,10H2,1H3,(H2,19,20)/t11-/m0/s1. The molecule has 23 heavy (non-hydrogen) atoms. The number of nitrogens with two attached hydrogens (primary N) is 1. The van der Waals surface area contributed by atoms with Crippen molar-refractivity contribution in [2.24, 2.45) is 5.73 Å². The van der Waals surface area contributed by atoms with Crippen molar-refractivity contribution in [3.63, 3.8) is 0 Å². The number of halogens is 1. The highest BCUT2D eigenvalue weighted by molar-refractivity contribution is 7.98. The second kappa shape index (κ2) is 8.04. The topological polar surface area (TPSA) is 69.4 Å². The molecule has 2 N–H and O–H groups in total. The van der Waals surface area contributed by atoms with Gasteiger partial charge in [0.2, 0.25) is 0 Å². The van der Waals surface area contributed by atoms with Gasteiger partial charge in [-0.25, -0.2) is 4.79 Å². The number of primary amides is 1. The summed E-state index contributed by atoms with van der Waals surface area (Å²) >= 11 is 7.49. The van der Waals surface area contributed by atoms with Crippen LogP contribution >= 0.6 is 23.4 Å². The van der Waals surface area contributed by atoms with E-state index in [0.29, 0.717) is 16.3 Å². The Labute approximate surface area is 144 Å². The van der Waals surface area contributed by atoms with Crippen LogP contribution in [0.25, 0.3) is 0 Å². The molecule has 0 fully saturated rings. The fraction of sp³-hybridized carbons (Fsp3) is 0.176. The van der Waals surface area contributed by atoms with Crippen LogP contribution in [-0.4, -0.2) is 18.0 Å². The predicted molar refractivity (Wildman–Crippen MR) is 91.5 cm³/mol. The number of amides is 1. The van der Waals surface area contributed by atoms with Crippen molar-refractivity contribution in [1.82, 2.24) is 0 Å². The molecule has 1 atom stereocenters. The zero-order valence-corrected chi connectivity index (χ0v) is 14.1. The fourth-order valence-corrected chi connectivity index (χ4v) is 2.74. The molecule has 0 spiro atoms. The van der Waals surface area contributed by atoms with E-state index in [4.69, 9.17) is 22.1 Å². The number of rotatable bonds is 6. The van der Waals surface area contributed by atoms with Crippen molar-refractivity contribution < 1.29 is 14.3 Å². The van der Waals surface area contributed by atoms with E-state index in [1.54, 1.807) is 30.0 Å². The van der Waals surface area contributed by atoms with Crippen LogP contribution in [0.4, 0.5) is 0 Å². The highest BCUT2D eigenvalue weighted by Gasteiger charge is 2.16. The number of thioether (sulfide) groups is 1. The van der Waals surface area contributed by atoms with Gasteiger partial charge in [-0.2, -0.15) is 0 Å². The van der Waals surface area contributed by atoms with Crippen molar-refractivity contribution in [1.29, 1.82) is 0 Å². The molecule has 2 aromatic rings. The van der Waals surface area contributed by atoms with Gasteiger partial charge in [0.15, 0.2) is 6.10 Å². The Morgan fingerprint density at radius 1 is 1.22 bits per heavy atom. The van der Waals surface area contributed by atoms with Gasteiger partial charge >= 0.3 is 5.97 Å². The maximum Gasteiger partial charge on any atom is 0.338 e. The van der Waals surface area contributed by atoms with E-state index in [2.05, 4.69) is 0 Å². The second-order valence-corrected chi connectivity index (χ2v) is 6.38. The Hall–Kier alpha value is -1.98. The van der Waals surface area contributed by atoms with Gasteiger partial charge in [-0.3, -0.25) is 4.79 Å². The van der Waals surface area contributed by atoms with Gasteiger partial charge in [-0.05, 0) is 48.9 Å². The molecule has 0 unspecified atom stereocenters. The van der Waals surface area contributed by atoms with Crippen LogP contribution in [0.5, 0.6) is 0 Å². The minimum absolute atomic E-state index is 0.396. The number of ether oxygens (including phenoxy) is 1. The first kappa shape index (κ1) is 17.4. The summed E-state index contributed by atoms with van der Waals surface area (Å²) in [5.41, 5.74) is 6.46. The molecule has 0 bridgehead atoms. The summed E-state index contributed by atoms with van der Waals surface area (Å²) in [4.78, 5) is 24.0. The van der Waals surface area contributed by atoms with Crippen LogP contribution in [0, 0.1) is 0 Å². The largest absolute Gasteiger partial charge is 0.449 e. The molecule has 0 heterocycles. The van der Waals surface area contributed by atoms with Crippen LogP contribution in [-0.2, 0) is 15.3 Å². The third-order valence-corrected chi connectivity index (χ3v) is 4.40. The monoisotopic (exact) mass is 349 g/mol. The number of esters is 1. The molecule has 2 rings (SSSR count). The molecule has 0 saturated heterocycles. The van der Waals surface area contributed by atoms with Crippen LogP contribution in [0.3, 0.4) is 0 Å². The first-order chi connectivity index (χ1) is 11.0. The zero-order valence-electron chi connectivity index (χ0n) is 12.5. The summed E-state index contributed by atoms with van der Waals surface area (Å²) in [6.45, 7) is 1.44. The summed E-state index contributed by atoms with van der Waals surface area (Å²) in [5.74, 6) is -0.531. The Morgan fingerprint density at radius 2 is 1.91 bits per heavy atom. The molecular formula is C17H16ClNO3S. The number of hydrogen-bond donors (Lipinski definition) is 1. The number of hydrogen-bond acceptors (Lipinski definition) is 4. The first-order valence-corrected chi connectivity index (χ1v) is 8.29. The van der Waals surface area contributed by atoms with Crippen molar-refractivity contribution in [2.45, 2.75) is 23.7 Å². The minimum Gasteiger partial charge on any atom is -0.449 e. The molecule has 6 heteroatoms. The van der Waals surface area contributed by atoms with E-state index in [1.165, 1.54) is 6.92 Å². The van der Waals surface area contributed by atoms with Gasteiger partial charge in [0.1, 0.15) is 0 Å². The van der Waals surface area contributed by atoms with E-state index >= 15 is 0 Å². The predicted octanol–water partition coefficient (Wildman–Crippen LogP) is 3.66. The summed E-state index contributed by atoms with van der Waals surface area (Å²) < 4.78 is 4.99. The van der Waals surface area contributed by atoms with Crippen LogP contribution in [0.2, 0.25) is 5.02 Å². The van der Waals surface area contributed by atoms with Crippen LogP contribution in [0.15, 0.2) is 53.4 Å². The molecule has 2 aromatic carbocycles. The SMILES string of the molecule is C[C@H](OC(=O)c1cccc(CSc2ccc(Cl)cc2)c1)C(N)=O. The minimum atomic E-state index is -0.949. The fourth-order valence-electron chi connectivity index (χ4n) is 1.77. The molecule has 120 valence electrons. The van der Waals surface area contributed by atoms with Gasteiger partial charge in [-0.1, -0.05) is 23.7 Å². The van der Waals surface area contributed by atoms with Gasteiger partial charge in [0.05, 0.1) is 5.56 Å². The van der Waals surface area contributed by atoms with E-state index in [9.17, 15) is 9.59 Å². The maximum atomic E-state index is 12.0. The molecule has 0 aliphatic carbocycles. The van der Waals surface area contributed by atoms with Crippen LogP contribution in [0.1, 0.15) is 22.8 Å². The van der Waals surface area contributed by atoms with Crippen molar-refractivity contribution in [3.8, 4) is 0 Å². The molecule has 0 aliphatic rings. The highest BCUT2D eigenvalue weighted by Crippen LogP contribution is 2.24. The second-order valence-electron chi connectivity index (χ2n) is 4.89. The lowest BCUT2D eigenvalue weighted by atomic mass is 10.1. The molecule has 1 amide bonds. The van der Waals surface area contributed by atoms with Crippen molar-refractivity contribution in [3.05, 3.63) is 64.7 Å². The highest BCUT2D eigenvalue weighted by atomic mass is 35.5. The Balaban J connectivity index is 2.00. The Bertz CT molecular complexity index is 703. The smallest absolute Gasteiger partial charge is 0.338 e. The van der Waals surface area contributed by atoms with Crippen molar-refractivity contribution in [2.75, 3.05) is 0 Å². The average Bonchev–Trinajstić information content (AvgIpc) is 2.54. The lowest BCUT2D eigenvalue weighted by Gasteiger charge is -2.10. The van der Waals surface area contributed by atoms with E-state index in [-0.39, 0.29) is 0 Å². The molecule has 0 aromatic heterocycles. The Morgan fingerprint density at radius 3 is 2.57 bits per heavy atom. The summed E-state index contributed by atoms with van der Waals surface area (Å²) in [7, 11) is 0. The van der Waals surface area contributed by atoms with Gasteiger partial charge in [0.25, 0.3) is 5.91 Å². The van der Waals surface area contributed by atoms with Crippen LogP contribution < -0.4 is 5.73 Å². The summed E-state index contributed by atoms with van der Waals surface area (Å²) in [6, 6.07) is 14.7. The third-order valence-electron chi connectivity index (χ3n) is 3.07. The molecule has 0 aliphatic heterocycles. The van der Waals surface area contributed by atoms with E-state index in [0.717, 1.165) is 10.5 Å². The lowest BCUT2D eigenvalue weighted by Crippen LogP contribution is -2.30.